The smallest absolute Gasteiger partial charge is 0.00674 e. The summed E-state index contributed by atoms with van der Waals surface area (Å²) in [6.07, 6.45) is 12.5. The van der Waals surface area contributed by atoms with Crippen molar-refractivity contribution in [2.45, 2.75) is 132 Å². The lowest BCUT2D eigenvalue weighted by Gasteiger charge is -2.34. The molecule has 0 atom stereocenters. The van der Waals surface area contributed by atoms with Gasteiger partial charge in [0.25, 0.3) is 0 Å². The molecule has 2 aliphatic carbocycles. The lowest BCUT2D eigenvalue weighted by Crippen LogP contribution is -2.38. The van der Waals surface area contributed by atoms with Gasteiger partial charge in [0.05, 0.1) is 0 Å². The summed E-state index contributed by atoms with van der Waals surface area (Å²) in [4.78, 5) is 0. The van der Waals surface area contributed by atoms with Crippen molar-refractivity contribution in [3.8, 4) is 0 Å². The Morgan fingerprint density at radius 2 is 1.14 bits per heavy atom. The first-order valence-electron chi connectivity index (χ1n) is 12.6. The molecule has 0 aromatic rings. The van der Waals surface area contributed by atoms with Crippen LogP contribution in [0.5, 0.6) is 0 Å². The van der Waals surface area contributed by atoms with E-state index < -0.39 is 0 Å². The van der Waals surface area contributed by atoms with Gasteiger partial charge in [-0.25, -0.2) is 0 Å². The zero-order valence-electron chi connectivity index (χ0n) is 21.1. The zero-order chi connectivity index (χ0) is 21.7. The fourth-order valence-electron chi connectivity index (χ4n) is 3.95. The predicted octanol–water partition coefficient (Wildman–Crippen LogP) is 7.41. The maximum absolute atomic E-state index is 6.01. The Bertz CT molecular complexity index is 334. The topological polar surface area (TPSA) is 38.0 Å². The van der Waals surface area contributed by atoms with E-state index in [2.05, 4.69) is 53.8 Å². The summed E-state index contributed by atoms with van der Waals surface area (Å²) in [5.41, 5.74) is 6.42. The third-order valence-electron chi connectivity index (χ3n) is 6.66. The molecular formula is C26H56N2. The standard InChI is InChI=1S/C18H36N2.C6H14.C2H6/c1-18(2,3)13-20-17-10-6-15(7-11-17)12-14-4-8-16(19)9-5-14;1-5(2)6(3)4;1-2/h14-17,20H,4-13,19H2,1-3H3;5-6H,1-4H3;1-2H3. The van der Waals surface area contributed by atoms with E-state index in [-0.39, 0.29) is 0 Å². The minimum atomic E-state index is 0.414. The highest BCUT2D eigenvalue weighted by atomic mass is 14.9. The highest BCUT2D eigenvalue weighted by Crippen LogP contribution is 2.35. The molecule has 2 rings (SSSR count). The van der Waals surface area contributed by atoms with Gasteiger partial charge in [-0.2, -0.15) is 0 Å². The Kier molecular flexibility index (Phi) is 14.8. The largest absolute Gasteiger partial charge is 0.328 e. The van der Waals surface area contributed by atoms with E-state index >= 15 is 0 Å². The van der Waals surface area contributed by atoms with Crippen molar-refractivity contribution in [3.05, 3.63) is 0 Å². The zero-order valence-corrected chi connectivity index (χ0v) is 21.1. The monoisotopic (exact) mass is 396 g/mol. The number of hydrogen-bond donors (Lipinski definition) is 2. The van der Waals surface area contributed by atoms with Gasteiger partial charge in [0.1, 0.15) is 0 Å². The van der Waals surface area contributed by atoms with Crippen LogP contribution in [-0.4, -0.2) is 18.6 Å². The normalized spacial score (nSPS) is 28.3. The molecule has 0 saturated heterocycles. The van der Waals surface area contributed by atoms with Crippen LogP contribution in [0.2, 0.25) is 0 Å². The maximum Gasteiger partial charge on any atom is 0.00674 e. The van der Waals surface area contributed by atoms with Crippen LogP contribution in [0.25, 0.3) is 0 Å². The average molecular weight is 397 g/mol. The van der Waals surface area contributed by atoms with Crippen LogP contribution in [-0.2, 0) is 0 Å². The number of nitrogens with two attached hydrogens (primary N) is 1. The van der Waals surface area contributed by atoms with Crippen molar-refractivity contribution in [2.24, 2.45) is 34.8 Å². The van der Waals surface area contributed by atoms with Crippen molar-refractivity contribution in [2.75, 3.05) is 6.54 Å². The van der Waals surface area contributed by atoms with Gasteiger partial charge in [0, 0.05) is 18.6 Å². The second-order valence-electron chi connectivity index (χ2n) is 11.2. The van der Waals surface area contributed by atoms with E-state index in [1.54, 1.807) is 0 Å². The van der Waals surface area contributed by atoms with Gasteiger partial charge in [-0.1, -0.05) is 62.3 Å². The summed E-state index contributed by atoms with van der Waals surface area (Å²) in [6, 6.07) is 1.29. The molecule has 0 aromatic carbocycles. The summed E-state index contributed by atoms with van der Waals surface area (Å²) < 4.78 is 0. The average Bonchev–Trinajstić information content (AvgIpc) is 2.64. The SMILES string of the molecule is CC.CC(C)(C)CNC1CCC(CC2CCC(N)CC2)CC1.CC(C)C(C)C. The van der Waals surface area contributed by atoms with E-state index in [0.717, 1.165) is 36.3 Å². The third-order valence-corrected chi connectivity index (χ3v) is 6.66. The van der Waals surface area contributed by atoms with Crippen LogP contribution < -0.4 is 11.1 Å². The van der Waals surface area contributed by atoms with Gasteiger partial charge in [-0.3, -0.25) is 0 Å². The van der Waals surface area contributed by atoms with Gasteiger partial charge in [0.15, 0.2) is 0 Å². The molecule has 0 spiro atoms. The molecule has 0 aliphatic heterocycles. The molecule has 3 N–H and O–H groups in total. The molecule has 0 bridgehead atoms. The van der Waals surface area contributed by atoms with Crippen molar-refractivity contribution in [1.82, 2.24) is 5.32 Å². The Labute approximate surface area is 179 Å². The number of nitrogens with one attached hydrogen (secondary N) is 1. The molecule has 0 aromatic heterocycles. The van der Waals surface area contributed by atoms with E-state index in [9.17, 15) is 0 Å². The molecule has 0 heterocycles. The molecule has 2 aliphatic rings. The van der Waals surface area contributed by atoms with Crippen LogP contribution >= 0.6 is 0 Å². The molecule has 170 valence electrons. The summed E-state index contributed by atoms with van der Waals surface area (Å²) in [7, 11) is 0. The summed E-state index contributed by atoms with van der Waals surface area (Å²) in [6.45, 7) is 21.1. The Balaban J connectivity index is 0.000000780. The predicted molar refractivity (Wildman–Crippen MR) is 129 cm³/mol. The van der Waals surface area contributed by atoms with Crippen molar-refractivity contribution >= 4 is 0 Å². The molecule has 0 radical (unpaired) electrons. The van der Waals surface area contributed by atoms with E-state index in [1.807, 2.05) is 13.8 Å². The van der Waals surface area contributed by atoms with Gasteiger partial charge in [-0.05, 0) is 86.9 Å². The van der Waals surface area contributed by atoms with Gasteiger partial charge < -0.3 is 11.1 Å². The lowest BCUT2D eigenvalue weighted by molar-refractivity contribution is 0.208. The second kappa shape index (κ2) is 14.8. The first-order valence-corrected chi connectivity index (χ1v) is 12.6. The molecule has 2 heteroatoms. The molecular weight excluding hydrogens is 340 g/mol. The minimum Gasteiger partial charge on any atom is -0.328 e. The van der Waals surface area contributed by atoms with Crippen LogP contribution in [0.4, 0.5) is 0 Å². The Hall–Kier alpha value is -0.0800. The Morgan fingerprint density at radius 1 is 0.750 bits per heavy atom. The molecule has 28 heavy (non-hydrogen) atoms. The van der Waals surface area contributed by atoms with Crippen molar-refractivity contribution < 1.29 is 0 Å². The maximum atomic E-state index is 6.01. The highest BCUT2D eigenvalue weighted by molar-refractivity contribution is 4.82. The minimum absolute atomic E-state index is 0.414. The molecule has 2 nitrogen and oxygen atoms in total. The van der Waals surface area contributed by atoms with Gasteiger partial charge in [-0.15, -0.1) is 0 Å². The van der Waals surface area contributed by atoms with Crippen molar-refractivity contribution in [3.63, 3.8) is 0 Å². The van der Waals surface area contributed by atoms with Gasteiger partial charge in [0.2, 0.25) is 0 Å². The summed E-state index contributed by atoms with van der Waals surface area (Å²) in [5, 5.41) is 3.77. The van der Waals surface area contributed by atoms with Crippen molar-refractivity contribution in [1.29, 1.82) is 0 Å². The van der Waals surface area contributed by atoms with E-state index in [4.69, 9.17) is 5.73 Å². The molecule has 0 unspecified atom stereocenters. The van der Waals surface area contributed by atoms with E-state index in [0.29, 0.717) is 11.5 Å². The van der Waals surface area contributed by atoms with Crippen LogP contribution in [0.1, 0.15) is 120 Å². The van der Waals surface area contributed by atoms with E-state index in [1.165, 1.54) is 57.8 Å². The first-order chi connectivity index (χ1) is 13.1. The number of rotatable bonds is 5. The fourth-order valence-corrected chi connectivity index (χ4v) is 3.95. The third kappa shape index (κ3) is 14.0. The molecule has 2 fully saturated rings. The lowest BCUT2D eigenvalue weighted by atomic mass is 9.76. The quantitative estimate of drug-likeness (QED) is 0.507. The first kappa shape index (κ1) is 27.9. The molecule has 0 amide bonds. The second-order valence-corrected chi connectivity index (χ2v) is 11.2. The van der Waals surface area contributed by atoms with Crippen LogP contribution in [0, 0.1) is 29.1 Å². The Morgan fingerprint density at radius 3 is 1.50 bits per heavy atom. The van der Waals surface area contributed by atoms with Crippen LogP contribution in [0.15, 0.2) is 0 Å². The van der Waals surface area contributed by atoms with Crippen LogP contribution in [0.3, 0.4) is 0 Å². The van der Waals surface area contributed by atoms with Gasteiger partial charge >= 0.3 is 0 Å². The summed E-state index contributed by atoms with van der Waals surface area (Å²) >= 11 is 0. The number of hydrogen-bond acceptors (Lipinski definition) is 2. The highest BCUT2D eigenvalue weighted by Gasteiger charge is 2.26. The fraction of sp³-hybridized carbons (Fsp3) is 1.00. The molecule has 2 saturated carbocycles. The summed E-state index contributed by atoms with van der Waals surface area (Å²) in [5.74, 6) is 3.69.